The van der Waals surface area contributed by atoms with E-state index in [-0.39, 0.29) is 0 Å². The lowest BCUT2D eigenvalue weighted by atomic mass is 10.3. The van der Waals surface area contributed by atoms with Gasteiger partial charge < -0.3 is 10.7 Å². The maximum absolute atomic E-state index is 5.31. The third-order valence-electron chi connectivity index (χ3n) is 1.99. The molecule has 5 nitrogen and oxygen atoms in total. The van der Waals surface area contributed by atoms with Crippen molar-refractivity contribution in [3.8, 4) is 0 Å². The number of anilines is 2. The van der Waals surface area contributed by atoms with Crippen LogP contribution in [0.4, 0.5) is 11.6 Å². The fourth-order valence-electron chi connectivity index (χ4n) is 1.17. The zero-order chi connectivity index (χ0) is 11.8. The summed E-state index contributed by atoms with van der Waals surface area (Å²) in [6.07, 6.45) is 5.93. The highest BCUT2D eigenvalue weighted by Crippen LogP contribution is 2.25. The second-order valence-corrected chi connectivity index (χ2v) is 4.93. The molecule has 1 aromatic heterocycles. The Morgan fingerprint density at radius 1 is 1.38 bits per heavy atom. The minimum Gasteiger partial charge on any atom is -0.369 e. The number of unbranched alkanes of at least 4 members (excludes halogenated alkanes) is 1. The average molecular weight is 306 g/mol. The van der Waals surface area contributed by atoms with Crippen LogP contribution >= 0.6 is 27.7 Å². The summed E-state index contributed by atoms with van der Waals surface area (Å²) >= 11 is 5.26. The topological polar surface area (TPSA) is 75.9 Å². The van der Waals surface area contributed by atoms with Crippen molar-refractivity contribution in [3.05, 3.63) is 10.8 Å². The van der Waals surface area contributed by atoms with E-state index in [0.717, 1.165) is 23.3 Å². The Balaban J connectivity index is 2.41. The Kier molecular flexibility index (Phi) is 6.51. The van der Waals surface area contributed by atoms with Crippen molar-refractivity contribution in [1.29, 1.82) is 0 Å². The van der Waals surface area contributed by atoms with E-state index in [1.807, 2.05) is 11.8 Å². The van der Waals surface area contributed by atoms with Crippen LogP contribution in [0.15, 0.2) is 10.8 Å². The SMILES string of the molecule is CSCCCCNc1ncnc(NN)c1Br. The monoisotopic (exact) mass is 305 g/mol. The van der Waals surface area contributed by atoms with E-state index in [1.165, 1.54) is 18.5 Å². The second kappa shape index (κ2) is 7.70. The molecule has 0 spiro atoms. The number of hydrogen-bond acceptors (Lipinski definition) is 6. The van der Waals surface area contributed by atoms with Gasteiger partial charge in [-0.2, -0.15) is 11.8 Å². The van der Waals surface area contributed by atoms with Gasteiger partial charge >= 0.3 is 0 Å². The van der Waals surface area contributed by atoms with Crippen LogP contribution in [0.1, 0.15) is 12.8 Å². The van der Waals surface area contributed by atoms with Gasteiger partial charge in [0.15, 0.2) is 5.82 Å². The maximum Gasteiger partial charge on any atom is 0.159 e. The number of nitrogens with zero attached hydrogens (tertiary/aromatic N) is 2. The number of hydrazine groups is 1. The van der Waals surface area contributed by atoms with E-state index in [0.29, 0.717) is 5.82 Å². The first-order valence-corrected chi connectivity index (χ1v) is 7.18. The van der Waals surface area contributed by atoms with Crippen LogP contribution in [0.3, 0.4) is 0 Å². The summed E-state index contributed by atoms with van der Waals surface area (Å²) in [5, 5.41) is 3.24. The zero-order valence-corrected chi connectivity index (χ0v) is 11.6. The standard InChI is InChI=1S/C9H16BrN5S/c1-16-5-3-2-4-12-8-7(10)9(15-11)14-6-13-8/h6H,2-5,11H2,1H3,(H2,12,13,14,15). The molecule has 1 rings (SSSR count). The highest BCUT2D eigenvalue weighted by Gasteiger charge is 2.06. The smallest absolute Gasteiger partial charge is 0.159 e. The number of aromatic nitrogens is 2. The largest absolute Gasteiger partial charge is 0.369 e. The molecule has 90 valence electrons. The molecule has 0 aromatic carbocycles. The summed E-state index contributed by atoms with van der Waals surface area (Å²) in [6.45, 7) is 0.903. The summed E-state index contributed by atoms with van der Waals surface area (Å²) in [5.41, 5.74) is 2.51. The van der Waals surface area contributed by atoms with E-state index < -0.39 is 0 Å². The molecule has 0 unspecified atom stereocenters. The van der Waals surface area contributed by atoms with Crippen molar-refractivity contribution in [2.75, 3.05) is 29.3 Å². The van der Waals surface area contributed by atoms with E-state index in [2.05, 4.69) is 42.9 Å². The van der Waals surface area contributed by atoms with Crippen LogP contribution in [-0.2, 0) is 0 Å². The number of halogens is 1. The minimum absolute atomic E-state index is 0.585. The minimum atomic E-state index is 0.585. The highest BCUT2D eigenvalue weighted by atomic mass is 79.9. The van der Waals surface area contributed by atoms with Crippen LogP contribution in [0, 0.1) is 0 Å². The lowest BCUT2D eigenvalue weighted by Crippen LogP contribution is -2.12. The van der Waals surface area contributed by atoms with Gasteiger partial charge in [0.05, 0.1) is 0 Å². The maximum atomic E-state index is 5.31. The molecule has 0 aliphatic rings. The molecular formula is C9H16BrN5S. The third-order valence-corrected chi connectivity index (χ3v) is 3.44. The Labute approximate surface area is 108 Å². The van der Waals surface area contributed by atoms with Gasteiger partial charge in [-0.25, -0.2) is 15.8 Å². The van der Waals surface area contributed by atoms with Crippen LogP contribution < -0.4 is 16.6 Å². The van der Waals surface area contributed by atoms with Crippen molar-refractivity contribution < 1.29 is 0 Å². The quantitative estimate of drug-likeness (QED) is 0.407. The molecule has 7 heteroatoms. The molecule has 0 fully saturated rings. The second-order valence-electron chi connectivity index (χ2n) is 3.16. The first kappa shape index (κ1) is 13.5. The van der Waals surface area contributed by atoms with Gasteiger partial charge in [-0.05, 0) is 40.8 Å². The summed E-state index contributed by atoms with van der Waals surface area (Å²) < 4.78 is 0.766. The Morgan fingerprint density at radius 2 is 2.12 bits per heavy atom. The lowest BCUT2D eigenvalue weighted by molar-refractivity contribution is 0.838. The van der Waals surface area contributed by atoms with E-state index in [9.17, 15) is 0 Å². The van der Waals surface area contributed by atoms with Crippen molar-refractivity contribution in [2.24, 2.45) is 5.84 Å². The number of nitrogen functional groups attached to an aromatic ring is 1. The predicted octanol–water partition coefficient (Wildman–Crippen LogP) is 2.08. The van der Waals surface area contributed by atoms with E-state index in [4.69, 9.17) is 5.84 Å². The molecule has 0 radical (unpaired) electrons. The fraction of sp³-hybridized carbons (Fsp3) is 0.556. The van der Waals surface area contributed by atoms with Gasteiger partial charge in [-0.1, -0.05) is 0 Å². The molecule has 0 amide bonds. The summed E-state index contributed by atoms with van der Waals surface area (Å²) in [5.74, 6) is 7.87. The number of nitrogens with one attached hydrogen (secondary N) is 2. The highest BCUT2D eigenvalue weighted by molar-refractivity contribution is 9.10. The van der Waals surface area contributed by atoms with Crippen LogP contribution in [-0.4, -0.2) is 28.5 Å². The first-order chi connectivity index (χ1) is 7.79. The van der Waals surface area contributed by atoms with Gasteiger partial charge in [0.1, 0.15) is 16.6 Å². The summed E-state index contributed by atoms with van der Waals surface area (Å²) in [4.78, 5) is 8.11. The van der Waals surface area contributed by atoms with Gasteiger partial charge in [-0.3, -0.25) is 0 Å². The molecular weight excluding hydrogens is 290 g/mol. The van der Waals surface area contributed by atoms with Crippen molar-refractivity contribution >= 4 is 39.3 Å². The molecule has 0 aliphatic heterocycles. The van der Waals surface area contributed by atoms with E-state index >= 15 is 0 Å². The normalized spacial score (nSPS) is 10.2. The molecule has 0 aliphatic carbocycles. The van der Waals surface area contributed by atoms with Crippen LogP contribution in [0.2, 0.25) is 0 Å². The number of rotatable bonds is 7. The number of thioether (sulfide) groups is 1. The molecule has 0 atom stereocenters. The molecule has 0 saturated heterocycles. The van der Waals surface area contributed by atoms with Gasteiger partial charge in [0.25, 0.3) is 0 Å². The zero-order valence-electron chi connectivity index (χ0n) is 9.16. The fourth-order valence-corrected chi connectivity index (χ4v) is 2.12. The summed E-state index contributed by atoms with van der Waals surface area (Å²) in [6, 6.07) is 0. The molecule has 4 N–H and O–H groups in total. The van der Waals surface area contributed by atoms with Gasteiger partial charge in [0.2, 0.25) is 0 Å². The molecule has 1 aromatic rings. The van der Waals surface area contributed by atoms with Crippen molar-refractivity contribution in [3.63, 3.8) is 0 Å². The lowest BCUT2D eigenvalue weighted by Gasteiger charge is -2.09. The molecule has 0 saturated carbocycles. The Bertz CT molecular complexity index is 323. The van der Waals surface area contributed by atoms with Crippen LogP contribution in [0.5, 0.6) is 0 Å². The Morgan fingerprint density at radius 3 is 2.81 bits per heavy atom. The van der Waals surface area contributed by atoms with Crippen LogP contribution in [0.25, 0.3) is 0 Å². The number of nitrogens with two attached hydrogens (primary N) is 1. The first-order valence-electron chi connectivity index (χ1n) is 4.99. The molecule has 16 heavy (non-hydrogen) atoms. The number of hydrogen-bond donors (Lipinski definition) is 3. The Hall–Kier alpha value is -0.530. The molecule has 1 heterocycles. The van der Waals surface area contributed by atoms with Crippen molar-refractivity contribution in [2.45, 2.75) is 12.8 Å². The average Bonchev–Trinajstić information content (AvgIpc) is 2.31. The summed E-state index contributed by atoms with van der Waals surface area (Å²) in [7, 11) is 0. The van der Waals surface area contributed by atoms with E-state index in [1.54, 1.807) is 0 Å². The predicted molar refractivity (Wildman–Crippen MR) is 73.6 cm³/mol. The third kappa shape index (κ3) is 4.15. The molecule has 0 bridgehead atoms. The van der Waals surface area contributed by atoms with Gasteiger partial charge in [-0.15, -0.1) is 0 Å². The van der Waals surface area contributed by atoms with Gasteiger partial charge in [0, 0.05) is 6.54 Å². The van der Waals surface area contributed by atoms with Crippen molar-refractivity contribution in [1.82, 2.24) is 9.97 Å².